The van der Waals surface area contributed by atoms with Gasteiger partial charge in [0.15, 0.2) is 0 Å². The second-order valence-corrected chi connectivity index (χ2v) is 5.45. The molecular formula is C13H21N5O3. The smallest absolute Gasteiger partial charge is 0.332 e. The lowest BCUT2D eigenvalue weighted by atomic mass is 9.80. The van der Waals surface area contributed by atoms with Crippen molar-refractivity contribution in [1.82, 2.24) is 9.97 Å². The Morgan fingerprint density at radius 3 is 2.62 bits per heavy atom. The van der Waals surface area contributed by atoms with Gasteiger partial charge < -0.3 is 15.7 Å². The van der Waals surface area contributed by atoms with Crippen LogP contribution in [-0.4, -0.2) is 38.7 Å². The number of nitro groups is 1. The zero-order valence-corrected chi connectivity index (χ0v) is 12.3. The Balaban J connectivity index is 2.21. The van der Waals surface area contributed by atoms with E-state index in [-0.39, 0.29) is 18.1 Å². The molecular weight excluding hydrogens is 274 g/mol. The second kappa shape index (κ2) is 6.21. The number of hydrogen-bond donors (Lipinski definition) is 3. The predicted molar refractivity (Wildman–Crippen MR) is 79.5 cm³/mol. The van der Waals surface area contributed by atoms with Crippen LogP contribution in [0.2, 0.25) is 0 Å². The molecule has 1 aliphatic carbocycles. The molecule has 0 bridgehead atoms. The van der Waals surface area contributed by atoms with Gasteiger partial charge in [0.1, 0.15) is 5.69 Å². The molecule has 1 aromatic rings. The van der Waals surface area contributed by atoms with Gasteiger partial charge in [0.05, 0.1) is 10.5 Å². The van der Waals surface area contributed by atoms with E-state index in [1.54, 1.807) is 6.92 Å². The lowest BCUT2D eigenvalue weighted by Crippen LogP contribution is -2.43. The molecule has 3 N–H and O–H groups in total. The Hall–Kier alpha value is -1.96. The number of anilines is 2. The third kappa shape index (κ3) is 3.57. The van der Waals surface area contributed by atoms with Gasteiger partial charge in [-0.05, 0) is 32.6 Å². The van der Waals surface area contributed by atoms with E-state index in [4.69, 9.17) is 0 Å². The summed E-state index contributed by atoms with van der Waals surface area (Å²) in [5.74, 6) is 0.523. The molecule has 116 valence electrons. The van der Waals surface area contributed by atoms with Gasteiger partial charge in [-0.3, -0.25) is 10.1 Å². The van der Waals surface area contributed by atoms with E-state index in [9.17, 15) is 15.2 Å². The first-order valence-corrected chi connectivity index (χ1v) is 7.18. The molecule has 0 spiro atoms. The molecule has 21 heavy (non-hydrogen) atoms. The Labute approximate surface area is 123 Å². The highest BCUT2D eigenvalue weighted by Crippen LogP contribution is 2.33. The third-order valence-electron chi connectivity index (χ3n) is 3.64. The number of nitrogens with zero attached hydrogens (tertiary/aromatic N) is 3. The standard InChI is InChI=1S/C13H21N5O3/c1-3-7-14-12-16-9(2)10(18(20)21)11(17-12)15-8-13(19)5-4-6-13/h19H,3-8H2,1-2H3,(H2,14,15,16,17). The Bertz CT molecular complexity index is 531. The number of aromatic nitrogens is 2. The molecule has 0 aliphatic heterocycles. The van der Waals surface area contributed by atoms with Gasteiger partial charge in [0, 0.05) is 13.1 Å². The summed E-state index contributed by atoms with van der Waals surface area (Å²) in [5, 5.41) is 27.2. The molecule has 2 rings (SSSR count). The van der Waals surface area contributed by atoms with Crippen LogP contribution in [0.5, 0.6) is 0 Å². The van der Waals surface area contributed by atoms with Crippen molar-refractivity contribution in [3.05, 3.63) is 15.8 Å². The van der Waals surface area contributed by atoms with Crippen LogP contribution in [0.4, 0.5) is 17.5 Å². The van der Waals surface area contributed by atoms with E-state index in [0.717, 1.165) is 12.8 Å². The minimum atomic E-state index is -0.774. The van der Waals surface area contributed by atoms with Crippen molar-refractivity contribution in [3.63, 3.8) is 0 Å². The number of aliphatic hydroxyl groups is 1. The van der Waals surface area contributed by atoms with Crippen molar-refractivity contribution < 1.29 is 10.0 Å². The molecule has 0 aromatic carbocycles. The Morgan fingerprint density at radius 1 is 1.38 bits per heavy atom. The SMILES string of the molecule is CCCNc1nc(C)c([N+](=O)[O-])c(NCC2(O)CCC2)n1. The zero-order chi connectivity index (χ0) is 15.5. The summed E-state index contributed by atoms with van der Waals surface area (Å²) >= 11 is 0. The topological polar surface area (TPSA) is 113 Å². The largest absolute Gasteiger partial charge is 0.388 e. The summed E-state index contributed by atoms with van der Waals surface area (Å²) in [6, 6.07) is 0. The lowest BCUT2D eigenvalue weighted by Gasteiger charge is -2.36. The van der Waals surface area contributed by atoms with Gasteiger partial charge >= 0.3 is 5.69 Å². The lowest BCUT2D eigenvalue weighted by molar-refractivity contribution is -0.385. The van der Waals surface area contributed by atoms with Gasteiger partial charge in [0.25, 0.3) is 0 Å². The van der Waals surface area contributed by atoms with E-state index in [1.165, 1.54) is 0 Å². The molecule has 0 radical (unpaired) electrons. The number of rotatable bonds is 7. The molecule has 1 aromatic heterocycles. The molecule has 1 saturated carbocycles. The van der Waals surface area contributed by atoms with Crippen molar-refractivity contribution in [2.75, 3.05) is 23.7 Å². The van der Waals surface area contributed by atoms with E-state index in [0.29, 0.717) is 31.0 Å². The zero-order valence-electron chi connectivity index (χ0n) is 12.3. The van der Waals surface area contributed by atoms with Gasteiger partial charge in [-0.2, -0.15) is 4.98 Å². The molecule has 1 aliphatic rings. The van der Waals surface area contributed by atoms with Crippen molar-refractivity contribution in [2.45, 2.75) is 45.1 Å². The monoisotopic (exact) mass is 295 g/mol. The maximum atomic E-state index is 11.2. The van der Waals surface area contributed by atoms with Crippen LogP contribution in [0.15, 0.2) is 0 Å². The summed E-state index contributed by atoms with van der Waals surface area (Å²) in [6.45, 7) is 4.55. The van der Waals surface area contributed by atoms with Crippen LogP contribution in [0, 0.1) is 17.0 Å². The summed E-state index contributed by atoms with van der Waals surface area (Å²) in [4.78, 5) is 19.0. The van der Waals surface area contributed by atoms with Crippen molar-refractivity contribution in [2.24, 2.45) is 0 Å². The summed E-state index contributed by atoms with van der Waals surface area (Å²) in [5.41, 5.74) is -0.610. The fourth-order valence-electron chi connectivity index (χ4n) is 2.23. The van der Waals surface area contributed by atoms with E-state index < -0.39 is 10.5 Å². The van der Waals surface area contributed by atoms with Crippen LogP contribution < -0.4 is 10.6 Å². The van der Waals surface area contributed by atoms with E-state index in [2.05, 4.69) is 20.6 Å². The number of aryl methyl sites for hydroxylation is 1. The van der Waals surface area contributed by atoms with E-state index in [1.807, 2.05) is 6.92 Å². The third-order valence-corrected chi connectivity index (χ3v) is 3.64. The molecule has 0 saturated heterocycles. The fourth-order valence-corrected chi connectivity index (χ4v) is 2.23. The molecule has 8 nitrogen and oxygen atoms in total. The van der Waals surface area contributed by atoms with Crippen LogP contribution in [0.1, 0.15) is 38.3 Å². The van der Waals surface area contributed by atoms with Gasteiger partial charge in [0.2, 0.25) is 11.8 Å². The first-order chi connectivity index (χ1) is 9.95. The number of nitrogens with one attached hydrogen (secondary N) is 2. The number of hydrogen-bond acceptors (Lipinski definition) is 7. The van der Waals surface area contributed by atoms with Gasteiger partial charge in [-0.1, -0.05) is 6.92 Å². The molecule has 0 unspecified atom stereocenters. The van der Waals surface area contributed by atoms with Crippen molar-refractivity contribution in [1.29, 1.82) is 0 Å². The van der Waals surface area contributed by atoms with Gasteiger partial charge in [-0.15, -0.1) is 0 Å². The maximum absolute atomic E-state index is 11.2. The first kappa shape index (κ1) is 15.4. The van der Waals surface area contributed by atoms with Crippen LogP contribution >= 0.6 is 0 Å². The summed E-state index contributed by atoms with van der Waals surface area (Å²) in [7, 11) is 0. The Morgan fingerprint density at radius 2 is 2.10 bits per heavy atom. The average molecular weight is 295 g/mol. The van der Waals surface area contributed by atoms with Gasteiger partial charge in [-0.25, -0.2) is 4.98 Å². The summed E-state index contributed by atoms with van der Waals surface area (Å²) < 4.78 is 0. The molecule has 8 heteroatoms. The minimum absolute atomic E-state index is 0.139. The molecule has 0 amide bonds. The van der Waals surface area contributed by atoms with Crippen LogP contribution in [0.3, 0.4) is 0 Å². The maximum Gasteiger partial charge on any atom is 0.332 e. The Kier molecular flexibility index (Phi) is 4.56. The minimum Gasteiger partial charge on any atom is -0.388 e. The van der Waals surface area contributed by atoms with Crippen molar-refractivity contribution >= 4 is 17.5 Å². The molecule has 1 heterocycles. The average Bonchev–Trinajstić information content (AvgIpc) is 2.39. The highest BCUT2D eigenvalue weighted by Gasteiger charge is 2.35. The predicted octanol–water partition coefficient (Wildman–Crippen LogP) is 1.84. The highest BCUT2D eigenvalue weighted by molar-refractivity contribution is 5.61. The fraction of sp³-hybridized carbons (Fsp3) is 0.692. The highest BCUT2D eigenvalue weighted by atomic mass is 16.6. The van der Waals surface area contributed by atoms with Crippen LogP contribution in [0.25, 0.3) is 0 Å². The summed E-state index contributed by atoms with van der Waals surface area (Å²) in [6.07, 6.45) is 3.30. The quantitative estimate of drug-likeness (QED) is 0.519. The second-order valence-electron chi connectivity index (χ2n) is 5.45. The molecule has 1 fully saturated rings. The normalized spacial score (nSPS) is 16.1. The van der Waals surface area contributed by atoms with E-state index >= 15 is 0 Å². The molecule has 0 atom stereocenters. The van der Waals surface area contributed by atoms with Crippen molar-refractivity contribution in [3.8, 4) is 0 Å². The first-order valence-electron chi connectivity index (χ1n) is 7.18. The van der Waals surface area contributed by atoms with Crippen LogP contribution in [-0.2, 0) is 0 Å².